The van der Waals surface area contributed by atoms with Crippen LogP contribution in [0.25, 0.3) is 5.76 Å². The summed E-state index contributed by atoms with van der Waals surface area (Å²) in [5.74, 6) is -1.86. The van der Waals surface area contributed by atoms with Gasteiger partial charge in [-0.2, -0.15) is 0 Å². The molecule has 17 heavy (non-hydrogen) atoms. The number of carboxylic acids is 1. The molecule has 0 unspecified atom stereocenters. The molecule has 2 rings (SSSR count). The molecule has 1 heterocycles. The van der Waals surface area contributed by atoms with Gasteiger partial charge in [0, 0.05) is 6.07 Å². The first kappa shape index (κ1) is 10.9. The lowest BCUT2D eigenvalue weighted by molar-refractivity contribution is -0.385. The van der Waals surface area contributed by atoms with Gasteiger partial charge in [0.15, 0.2) is 5.76 Å². The molecule has 0 fully saturated rings. The van der Waals surface area contributed by atoms with E-state index in [0.29, 0.717) is 0 Å². The van der Waals surface area contributed by atoms with Crippen LogP contribution in [0.5, 0.6) is 0 Å². The summed E-state index contributed by atoms with van der Waals surface area (Å²) in [6, 6.07) is 5.71. The Bertz CT molecular complexity index is 521. The van der Waals surface area contributed by atoms with Gasteiger partial charge in [-0.1, -0.05) is 12.1 Å². The molecule has 0 saturated carbocycles. The van der Waals surface area contributed by atoms with E-state index in [1.54, 1.807) is 6.07 Å². The van der Waals surface area contributed by atoms with Crippen LogP contribution in [-0.2, 0) is 14.3 Å². The highest BCUT2D eigenvalue weighted by Crippen LogP contribution is 2.32. The summed E-state index contributed by atoms with van der Waals surface area (Å²) in [6.45, 7) is -0.261. The summed E-state index contributed by atoms with van der Waals surface area (Å²) in [4.78, 5) is 21.0. The van der Waals surface area contributed by atoms with Crippen LogP contribution >= 0.6 is 0 Å². The highest BCUT2D eigenvalue weighted by molar-refractivity contribution is 5.94. The molecule has 1 aliphatic heterocycles. The number of nitro groups is 1. The van der Waals surface area contributed by atoms with Crippen LogP contribution in [-0.4, -0.2) is 22.8 Å². The first-order valence-corrected chi connectivity index (χ1v) is 4.58. The number of hydrogen-bond acceptors (Lipinski definition) is 5. The highest BCUT2D eigenvalue weighted by Gasteiger charge is 2.29. The predicted molar refractivity (Wildman–Crippen MR) is 54.7 cm³/mol. The van der Waals surface area contributed by atoms with Crippen LogP contribution in [0.2, 0.25) is 0 Å². The van der Waals surface area contributed by atoms with Crippen LogP contribution in [0.3, 0.4) is 0 Å². The van der Waals surface area contributed by atoms with Gasteiger partial charge in [0.25, 0.3) is 11.4 Å². The number of carboxylic acid groups (broad SMARTS) is 1. The molecule has 0 aliphatic carbocycles. The van der Waals surface area contributed by atoms with E-state index in [0.717, 1.165) is 0 Å². The first-order valence-electron chi connectivity index (χ1n) is 4.58. The number of nitrogens with zero attached hydrogens (tertiary/aromatic N) is 1. The minimum Gasteiger partial charge on any atom is -0.475 e. The van der Waals surface area contributed by atoms with Crippen molar-refractivity contribution in [2.75, 3.05) is 6.79 Å². The van der Waals surface area contributed by atoms with Crippen molar-refractivity contribution in [3.8, 4) is 0 Å². The minimum atomic E-state index is -1.32. The zero-order valence-electron chi connectivity index (χ0n) is 8.45. The van der Waals surface area contributed by atoms with E-state index in [4.69, 9.17) is 14.6 Å². The molecule has 88 valence electrons. The smallest absolute Gasteiger partial charge is 0.375 e. The van der Waals surface area contributed by atoms with E-state index in [2.05, 4.69) is 0 Å². The Morgan fingerprint density at radius 3 is 2.71 bits per heavy atom. The summed E-state index contributed by atoms with van der Waals surface area (Å²) in [5.41, 5.74) is -0.140. The lowest BCUT2D eigenvalue weighted by Gasteiger charge is -2.02. The fourth-order valence-corrected chi connectivity index (χ4v) is 1.46. The minimum absolute atomic E-state index is 0.0902. The normalized spacial score (nSPS) is 14.1. The third-order valence-electron chi connectivity index (χ3n) is 2.15. The average Bonchev–Trinajstić information content (AvgIpc) is 2.77. The van der Waals surface area contributed by atoms with Crippen LogP contribution in [0.4, 0.5) is 5.69 Å². The maximum Gasteiger partial charge on any atom is 0.375 e. The molecule has 1 N–H and O–H groups in total. The zero-order valence-corrected chi connectivity index (χ0v) is 8.45. The summed E-state index contributed by atoms with van der Waals surface area (Å²) in [7, 11) is 0. The van der Waals surface area contributed by atoms with E-state index in [1.807, 2.05) is 0 Å². The maximum atomic E-state index is 10.8. The fraction of sp³-hybridized carbons (Fsp3) is 0.100. The van der Waals surface area contributed by atoms with E-state index < -0.39 is 16.7 Å². The Morgan fingerprint density at radius 2 is 2.06 bits per heavy atom. The molecule has 1 aromatic rings. The summed E-state index contributed by atoms with van der Waals surface area (Å²) in [6.07, 6.45) is 0. The summed E-state index contributed by atoms with van der Waals surface area (Å²) in [5, 5.41) is 19.6. The molecule has 0 spiro atoms. The first-order chi connectivity index (χ1) is 8.11. The van der Waals surface area contributed by atoms with Crippen molar-refractivity contribution >= 4 is 17.4 Å². The molecule has 0 saturated heterocycles. The number of para-hydroxylation sites is 1. The number of rotatable bonds is 3. The van der Waals surface area contributed by atoms with Crippen molar-refractivity contribution in [3.05, 3.63) is 45.7 Å². The monoisotopic (exact) mass is 237 g/mol. The van der Waals surface area contributed by atoms with Crippen LogP contribution in [0, 0.1) is 10.1 Å². The standard InChI is InChI=1S/C10H7NO6/c12-10(13)9-8(16-5-17-9)6-3-1-2-4-7(6)11(14)15/h1-4H,5H2,(H,12,13). The molecule has 1 aliphatic rings. The molecule has 0 atom stereocenters. The van der Waals surface area contributed by atoms with Crippen LogP contribution in [0.1, 0.15) is 5.56 Å². The molecule has 0 radical (unpaired) electrons. The average molecular weight is 237 g/mol. The second kappa shape index (κ2) is 4.12. The quantitative estimate of drug-likeness (QED) is 0.629. The Morgan fingerprint density at radius 1 is 1.35 bits per heavy atom. The van der Waals surface area contributed by atoms with E-state index in [9.17, 15) is 14.9 Å². The van der Waals surface area contributed by atoms with Crippen molar-refractivity contribution in [3.63, 3.8) is 0 Å². The molecule has 0 aromatic heterocycles. The van der Waals surface area contributed by atoms with Gasteiger partial charge in [0.05, 0.1) is 10.5 Å². The molecular formula is C10H7NO6. The molecule has 7 heteroatoms. The number of ether oxygens (including phenoxy) is 2. The third kappa shape index (κ3) is 1.89. The number of hydrogen-bond donors (Lipinski definition) is 1. The van der Waals surface area contributed by atoms with E-state index in [1.165, 1.54) is 18.2 Å². The van der Waals surface area contributed by atoms with Gasteiger partial charge in [-0.25, -0.2) is 4.79 Å². The van der Waals surface area contributed by atoms with Crippen LogP contribution in [0.15, 0.2) is 30.0 Å². The lowest BCUT2D eigenvalue weighted by atomic mass is 10.1. The number of aliphatic carboxylic acids is 1. The van der Waals surface area contributed by atoms with E-state index in [-0.39, 0.29) is 23.8 Å². The zero-order chi connectivity index (χ0) is 12.4. The largest absolute Gasteiger partial charge is 0.475 e. The molecular weight excluding hydrogens is 230 g/mol. The molecule has 0 bridgehead atoms. The van der Waals surface area contributed by atoms with Gasteiger partial charge < -0.3 is 14.6 Å². The molecule has 7 nitrogen and oxygen atoms in total. The van der Waals surface area contributed by atoms with Gasteiger partial charge in [0.2, 0.25) is 6.79 Å². The SMILES string of the molecule is O=C(O)C1=C(c2ccccc2[N+](=O)[O-])OCO1. The predicted octanol–water partition coefficient (Wildman–Crippen LogP) is 1.35. The Labute approximate surface area is 95.0 Å². The van der Waals surface area contributed by atoms with Crippen LogP contribution < -0.4 is 0 Å². The second-order valence-electron chi connectivity index (χ2n) is 3.14. The van der Waals surface area contributed by atoms with Crippen molar-refractivity contribution in [1.29, 1.82) is 0 Å². The van der Waals surface area contributed by atoms with Crippen molar-refractivity contribution < 1.29 is 24.3 Å². The Balaban J connectivity index is 2.57. The Kier molecular flexibility index (Phi) is 2.65. The molecule has 0 amide bonds. The fourth-order valence-electron chi connectivity index (χ4n) is 1.46. The van der Waals surface area contributed by atoms with Gasteiger partial charge in [-0.15, -0.1) is 0 Å². The second-order valence-corrected chi connectivity index (χ2v) is 3.14. The van der Waals surface area contributed by atoms with Gasteiger partial charge in [0.1, 0.15) is 0 Å². The topological polar surface area (TPSA) is 98.9 Å². The summed E-state index contributed by atoms with van der Waals surface area (Å²) >= 11 is 0. The number of nitro benzene ring substituents is 1. The third-order valence-corrected chi connectivity index (χ3v) is 2.15. The Hall–Kier alpha value is -2.57. The van der Waals surface area contributed by atoms with Gasteiger partial charge >= 0.3 is 5.97 Å². The van der Waals surface area contributed by atoms with Crippen molar-refractivity contribution in [1.82, 2.24) is 0 Å². The number of benzene rings is 1. The van der Waals surface area contributed by atoms with E-state index >= 15 is 0 Å². The maximum absolute atomic E-state index is 10.8. The number of carbonyl (C=O) groups is 1. The van der Waals surface area contributed by atoms with Gasteiger partial charge in [-0.3, -0.25) is 10.1 Å². The van der Waals surface area contributed by atoms with Crippen molar-refractivity contribution in [2.45, 2.75) is 0 Å². The highest BCUT2D eigenvalue weighted by atomic mass is 16.7. The van der Waals surface area contributed by atoms with Gasteiger partial charge in [-0.05, 0) is 6.07 Å². The molecule has 1 aromatic carbocycles. The summed E-state index contributed by atoms with van der Waals surface area (Å²) < 4.78 is 9.73. The lowest BCUT2D eigenvalue weighted by Crippen LogP contribution is -2.03. The van der Waals surface area contributed by atoms with Crippen molar-refractivity contribution in [2.24, 2.45) is 0 Å².